The molecule has 0 spiro atoms. The molecule has 7 rings (SSSR count). The molecule has 0 radical (unpaired) electrons. The lowest BCUT2D eigenvalue weighted by molar-refractivity contribution is 0.0929. The second-order valence-electron chi connectivity index (χ2n) is 12.1. The standard InChI is InChI=1S/C28H30N4O2/c1-13-21-19(11-17-23(21)27(17,3)4)31(29-13)25(33)15-7-9-16(10-8-15)26(34)32-20-12-18-24(28(18,5)6)22(20)14(2)30-32/h7-10,17-18,23-24H,11-12H2,1-6H3/t17-,18-,23-,24+/m1/s1. The Morgan fingerprint density at radius 2 is 1.09 bits per heavy atom. The normalized spacial score (nSPS) is 28.2. The van der Waals surface area contributed by atoms with E-state index in [2.05, 4.69) is 37.9 Å². The van der Waals surface area contributed by atoms with Crippen molar-refractivity contribution in [3.05, 3.63) is 69.3 Å². The number of hydrogen-bond acceptors (Lipinski definition) is 4. The van der Waals surface area contributed by atoms with Gasteiger partial charge in [0.25, 0.3) is 11.8 Å². The predicted octanol–water partition coefficient (Wildman–Crippen LogP) is 4.66. The molecule has 6 heteroatoms. The first-order valence-electron chi connectivity index (χ1n) is 12.4. The van der Waals surface area contributed by atoms with E-state index >= 15 is 0 Å². The largest absolute Gasteiger partial charge is 0.278 e. The summed E-state index contributed by atoms with van der Waals surface area (Å²) in [5.74, 6) is 2.05. The predicted molar refractivity (Wildman–Crippen MR) is 127 cm³/mol. The van der Waals surface area contributed by atoms with E-state index in [0.717, 1.165) is 35.6 Å². The van der Waals surface area contributed by atoms with Crippen molar-refractivity contribution < 1.29 is 9.59 Å². The summed E-state index contributed by atoms with van der Waals surface area (Å²) in [5.41, 5.74) is 8.36. The van der Waals surface area contributed by atoms with E-state index < -0.39 is 0 Å². The number of benzene rings is 1. The summed E-state index contributed by atoms with van der Waals surface area (Å²) in [6, 6.07) is 6.98. The molecule has 6 nitrogen and oxygen atoms in total. The Bertz CT molecular complexity index is 1330. The van der Waals surface area contributed by atoms with Crippen molar-refractivity contribution in [2.24, 2.45) is 22.7 Å². The Hall–Kier alpha value is -3.02. The molecular formula is C28H30N4O2. The van der Waals surface area contributed by atoms with Gasteiger partial charge < -0.3 is 0 Å². The third-order valence-corrected chi connectivity index (χ3v) is 9.73. The Labute approximate surface area is 199 Å². The van der Waals surface area contributed by atoms with Crippen molar-refractivity contribution in [1.29, 1.82) is 0 Å². The van der Waals surface area contributed by atoms with Gasteiger partial charge in [0.05, 0.1) is 22.8 Å². The van der Waals surface area contributed by atoms with E-state index in [0.29, 0.717) is 45.6 Å². The van der Waals surface area contributed by atoms with Crippen LogP contribution in [0.15, 0.2) is 24.3 Å². The van der Waals surface area contributed by atoms with Crippen molar-refractivity contribution in [3.63, 3.8) is 0 Å². The molecule has 0 unspecified atom stereocenters. The van der Waals surface area contributed by atoms with E-state index in [9.17, 15) is 9.59 Å². The van der Waals surface area contributed by atoms with Crippen molar-refractivity contribution in [2.45, 2.75) is 66.2 Å². The van der Waals surface area contributed by atoms with Crippen molar-refractivity contribution in [2.75, 3.05) is 0 Å². The third kappa shape index (κ3) is 2.32. The van der Waals surface area contributed by atoms with Crippen molar-refractivity contribution >= 4 is 11.8 Å². The molecule has 34 heavy (non-hydrogen) atoms. The number of fused-ring (bicyclic) bond motifs is 6. The third-order valence-electron chi connectivity index (χ3n) is 9.73. The molecule has 2 fully saturated rings. The van der Waals surface area contributed by atoms with Crippen LogP contribution in [0.5, 0.6) is 0 Å². The zero-order valence-corrected chi connectivity index (χ0v) is 20.6. The second kappa shape index (κ2) is 5.96. The van der Waals surface area contributed by atoms with Crippen LogP contribution < -0.4 is 0 Å². The summed E-state index contributed by atoms with van der Waals surface area (Å²) in [5, 5.41) is 9.21. The molecule has 2 heterocycles. The summed E-state index contributed by atoms with van der Waals surface area (Å²) in [6.07, 6.45) is 1.83. The van der Waals surface area contributed by atoms with Crippen LogP contribution in [0.3, 0.4) is 0 Å². The van der Waals surface area contributed by atoms with E-state index in [1.165, 1.54) is 11.1 Å². The smallest absolute Gasteiger partial charge is 0.267 e. The summed E-state index contributed by atoms with van der Waals surface area (Å²) < 4.78 is 3.20. The van der Waals surface area contributed by atoms with Crippen LogP contribution in [0.4, 0.5) is 0 Å². The highest BCUT2D eigenvalue weighted by atomic mass is 16.2. The van der Waals surface area contributed by atoms with Gasteiger partial charge in [0.15, 0.2) is 0 Å². The first-order chi connectivity index (χ1) is 16.0. The number of rotatable bonds is 2. The minimum atomic E-state index is -0.124. The van der Waals surface area contributed by atoms with Crippen LogP contribution >= 0.6 is 0 Å². The Balaban J connectivity index is 1.16. The highest BCUT2D eigenvalue weighted by Gasteiger charge is 2.65. The Kier molecular flexibility index (Phi) is 3.57. The summed E-state index contributed by atoms with van der Waals surface area (Å²) in [7, 11) is 0. The SMILES string of the molecule is Cc1nn(C(=O)c2ccc(C(=O)n3nc(C)c4c3C[C@@H]3[C@H]4C3(C)C)cc2)c2c1[C@@H]1[C@@H](C2)C1(C)C. The highest BCUT2D eigenvalue weighted by molar-refractivity contribution is 5.99. The zero-order valence-electron chi connectivity index (χ0n) is 20.6. The molecule has 0 bridgehead atoms. The Morgan fingerprint density at radius 3 is 1.44 bits per heavy atom. The van der Waals surface area contributed by atoms with Gasteiger partial charge in [-0.3, -0.25) is 9.59 Å². The van der Waals surface area contributed by atoms with Gasteiger partial charge in [-0.25, -0.2) is 9.36 Å². The molecule has 3 aromatic rings. The van der Waals surface area contributed by atoms with Gasteiger partial charge in [-0.1, -0.05) is 27.7 Å². The monoisotopic (exact) mass is 454 g/mol. The van der Waals surface area contributed by atoms with E-state index in [1.54, 1.807) is 33.6 Å². The minimum absolute atomic E-state index is 0.124. The molecule has 0 amide bonds. The molecule has 2 aromatic heterocycles. The quantitative estimate of drug-likeness (QED) is 0.565. The lowest BCUT2D eigenvalue weighted by Gasteiger charge is -2.11. The number of carbonyl (C=O) groups excluding carboxylic acids is 2. The maximum absolute atomic E-state index is 13.3. The molecule has 0 aliphatic heterocycles. The number of aromatic nitrogens is 4. The van der Waals surface area contributed by atoms with Gasteiger partial charge in [-0.15, -0.1) is 0 Å². The van der Waals surface area contributed by atoms with Crippen LogP contribution in [-0.4, -0.2) is 31.4 Å². The zero-order chi connectivity index (χ0) is 23.9. The van der Waals surface area contributed by atoms with Crippen LogP contribution in [-0.2, 0) is 12.8 Å². The number of carbonyl (C=O) groups is 2. The molecule has 0 N–H and O–H groups in total. The number of hydrogen-bond donors (Lipinski definition) is 0. The highest BCUT2D eigenvalue weighted by Crippen LogP contribution is 2.71. The molecular weight excluding hydrogens is 424 g/mol. The molecule has 4 atom stereocenters. The molecule has 2 saturated carbocycles. The number of nitrogens with zero attached hydrogens (tertiary/aromatic N) is 4. The van der Waals surface area contributed by atoms with Crippen LogP contribution in [0.25, 0.3) is 0 Å². The minimum Gasteiger partial charge on any atom is -0.267 e. The first-order valence-corrected chi connectivity index (χ1v) is 12.4. The lowest BCUT2D eigenvalue weighted by atomic mass is 9.98. The van der Waals surface area contributed by atoms with Gasteiger partial charge in [0.2, 0.25) is 0 Å². The summed E-state index contributed by atoms with van der Waals surface area (Å²) in [6.45, 7) is 13.2. The van der Waals surface area contributed by atoms with Gasteiger partial charge in [-0.2, -0.15) is 10.2 Å². The molecule has 1 aromatic carbocycles. The Morgan fingerprint density at radius 1 is 0.735 bits per heavy atom. The fourth-order valence-electron chi connectivity index (χ4n) is 7.53. The second-order valence-corrected chi connectivity index (χ2v) is 12.1. The fraction of sp³-hybridized carbons (Fsp3) is 0.500. The first kappa shape index (κ1) is 20.4. The maximum atomic E-state index is 13.3. The average Bonchev–Trinajstić information content (AvgIpc) is 3.28. The van der Waals surface area contributed by atoms with Crippen molar-refractivity contribution in [3.8, 4) is 0 Å². The molecule has 4 aliphatic rings. The lowest BCUT2D eigenvalue weighted by Crippen LogP contribution is -2.19. The summed E-state index contributed by atoms with van der Waals surface area (Å²) >= 11 is 0. The van der Waals surface area contributed by atoms with Gasteiger partial charge in [0, 0.05) is 22.3 Å². The fourth-order valence-corrected chi connectivity index (χ4v) is 7.53. The van der Waals surface area contributed by atoms with E-state index in [-0.39, 0.29) is 11.8 Å². The summed E-state index contributed by atoms with van der Waals surface area (Å²) in [4.78, 5) is 26.6. The topological polar surface area (TPSA) is 69.8 Å². The van der Waals surface area contributed by atoms with Crippen molar-refractivity contribution in [1.82, 2.24) is 19.6 Å². The number of aryl methyl sites for hydroxylation is 2. The average molecular weight is 455 g/mol. The van der Waals surface area contributed by atoms with Gasteiger partial charge in [-0.05, 0) is 85.5 Å². The molecule has 4 aliphatic carbocycles. The maximum Gasteiger partial charge on any atom is 0.278 e. The molecule has 0 saturated heterocycles. The van der Waals surface area contributed by atoms with Crippen LogP contribution in [0.2, 0.25) is 0 Å². The van der Waals surface area contributed by atoms with E-state index in [4.69, 9.17) is 0 Å². The van der Waals surface area contributed by atoms with Crippen LogP contribution in [0, 0.1) is 36.5 Å². The van der Waals surface area contributed by atoms with E-state index in [1.807, 2.05) is 13.8 Å². The van der Waals surface area contributed by atoms with Crippen LogP contribution in [0.1, 0.15) is 94.1 Å². The van der Waals surface area contributed by atoms with Gasteiger partial charge in [0.1, 0.15) is 0 Å². The van der Waals surface area contributed by atoms with Gasteiger partial charge >= 0.3 is 0 Å². The molecule has 174 valence electrons.